The number of aromatic nitrogens is 2. The number of aryl methyl sites for hydroxylation is 1. The number of nitro benzene ring substituents is 1. The van der Waals surface area contributed by atoms with Gasteiger partial charge in [-0.3, -0.25) is 10.1 Å². The fourth-order valence-corrected chi connectivity index (χ4v) is 3.10. The summed E-state index contributed by atoms with van der Waals surface area (Å²) in [6.07, 6.45) is 0.599. The van der Waals surface area contributed by atoms with Gasteiger partial charge < -0.3 is 19.4 Å². The number of benzene rings is 1. The van der Waals surface area contributed by atoms with Crippen molar-refractivity contribution in [2.45, 2.75) is 52.2 Å². The highest BCUT2D eigenvalue weighted by molar-refractivity contribution is 5.88. The second-order valence-electron chi connectivity index (χ2n) is 7.67. The molecule has 1 aromatic heterocycles. The molecule has 2 heterocycles. The summed E-state index contributed by atoms with van der Waals surface area (Å²) >= 11 is 0. The van der Waals surface area contributed by atoms with Crippen molar-refractivity contribution in [2.24, 2.45) is 0 Å². The Morgan fingerprint density at radius 1 is 1.33 bits per heavy atom. The molecule has 0 atom stereocenters. The quantitative estimate of drug-likeness (QED) is 0.648. The first-order valence-corrected chi connectivity index (χ1v) is 8.92. The number of imidazole rings is 1. The first kappa shape index (κ1) is 18.9. The summed E-state index contributed by atoms with van der Waals surface area (Å²) in [5.41, 5.74) is 0.223. The van der Waals surface area contributed by atoms with E-state index >= 15 is 0 Å². The van der Waals surface area contributed by atoms with Crippen LogP contribution in [0.2, 0.25) is 0 Å². The lowest BCUT2D eigenvalue weighted by molar-refractivity contribution is -0.384. The van der Waals surface area contributed by atoms with Gasteiger partial charge in [-0.15, -0.1) is 0 Å². The zero-order valence-electron chi connectivity index (χ0n) is 15.9. The van der Waals surface area contributed by atoms with Crippen molar-refractivity contribution in [1.29, 1.82) is 0 Å². The Balaban J connectivity index is 1.70. The Labute approximate surface area is 156 Å². The molecular weight excluding hydrogens is 352 g/mol. The van der Waals surface area contributed by atoms with Crippen LogP contribution < -0.4 is 4.74 Å². The predicted octanol–water partition coefficient (Wildman–Crippen LogP) is 3.56. The van der Waals surface area contributed by atoms with Crippen LogP contribution >= 0.6 is 0 Å². The molecule has 1 N–H and O–H groups in total. The van der Waals surface area contributed by atoms with Crippen LogP contribution in [0.15, 0.2) is 12.1 Å². The molecule has 0 unspecified atom stereocenters. The Kier molecular flexibility index (Phi) is 4.95. The summed E-state index contributed by atoms with van der Waals surface area (Å²) in [4.78, 5) is 32.1. The van der Waals surface area contributed by atoms with Crippen LogP contribution in [0.3, 0.4) is 0 Å². The van der Waals surface area contributed by atoms with Gasteiger partial charge in [0, 0.05) is 25.9 Å². The number of amides is 1. The van der Waals surface area contributed by atoms with E-state index in [0.717, 1.165) is 0 Å². The topological polar surface area (TPSA) is 111 Å². The molecule has 1 fully saturated rings. The monoisotopic (exact) mass is 376 g/mol. The smallest absolute Gasteiger partial charge is 0.410 e. The number of ether oxygens (including phenoxy) is 2. The Hall–Kier alpha value is -2.84. The number of rotatable bonds is 3. The molecule has 0 saturated carbocycles. The van der Waals surface area contributed by atoms with E-state index in [1.807, 2.05) is 20.8 Å². The van der Waals surface area contributed by atoms with Crippen LogP contribution in [-0.4, -0.2) is 50.7 Å². The van der Waals surface area contributed by atoms with E-state index in [1.54, 1.807) is 24.0 Å². The normalized spacial score (nSPS) is 15.8. The Morgan fingerprint density at radius 2 is 2.00 bits per heavy atom. The summed E-state index contributed by atoms with van der Waals surface area (Å²) in [7, 11) is 0. The summed E-state index contributed by atoms with van der Waals surface area (Å²) in [6.45, 7) is 8.19. The lowest BCUT2D eigenvalue weighted by Gasteiger charge is -2.33. The van der Waals surface area contributed by atoms with Gasteiger partial charge in [-0.25, -0.2) is 9.78 Å². The van der Waals surface area contributed by atoms with E-state index in [9.17, 15) is 14.9 Å². The first-order chi connectivity index (χ1) is 12.6. The number of hydrogen-bond acceptors (Lipinski definition) is 6. The summed E-state index contributed by atoms with van der Waals surface area (Å²) < 4.78 is 11.3. The molecular formula is C18H24N4O5. The second kappa shape index (κ2) is 7.05. The molecule has 3 rings (SSSR count). The fraction of sp³-hybridized carbons (Fsp3) is 0.556. The van der Waals surface area contributed by atoms with Crippen molar-refractivity contribution < 1.29 is 19.2 Å². The minimum Gasteiger partial charge on any atom is -0.483 e. The van der Waals surface area contributed by atoms with Gasteiger partial charge in [-0.05, 0) is 39.8 Å². The third kappa shape index (κ3) is 4.29. The van der Waals surface area contributed by atoms with Crippen molar-refractivity contribution in [3.63, 3.8) is 0 Å². The van der Waals surface area contributed by atoms with E-state index in [4.69, 9.17) is 9.47 Å². The Bertz CT molecular complexity index is 862. The molecule has 0 radical (unpaired) electrons. The zero-order valence-corrected chi connectivity index (χ0v) is 15.9. The number of piperidine rings is 1. The molecule has 9 heteroatoms. The van der Waals surface area contributed by atoms with Gasteiger partial charge in [0.15, 0.2) is 11.3 Å². The van der Waals surface area contributed by atoms with Crippen LogP contribution in [-0.2, 0) is 4.74 Å². The van der Waals surface area contributed by atoms with Gasteiger partial charge in [0.2, 0.25) is 0 Å². The fourth-order valence-electron chi connectivity index (χ4n) is 3.10. The van der Waals surface area contributed by atoms with Crippen molar-refractivity contribution in [1.82, 2.24) is 14.9 Å². The molecule has 1 aliphatic rings. The average molecular weight is 376 g/mol. The van der Waals surface area contributed by atoms with Gasteiger partial charge in [0.1, 0.15) is 17.5 Å². The van der Waals surface area contributed by atoms with Gasteiger partial charge in [0.25, 0.3) is 0 Å². The summed E-state index contributed by atoms with van der Waals surface area (Å²) in [6, 6.07) is 3.33. The van der Waals surface area contributed by atoms with Crippen LogP contribution in [0.4, 0.5) is 10.5 Å². The third-order valence-corrected chi connectivity index (χ3v) is 4.28. The first-order valence-electron chi connectivity index (χ1n) is 8.92. The third-order valence-electron chi connectivity index (χ3n) is 4.28. The summed E-state index contributed by atoms with van der Waals surface area (Å²) in [5, 5.41) is 11.6. The van der Waals surface area contributed by atoms with Gasteiger partial charge in [-0.2, -0.15) is 0 Å². The predicted molar refractivity (Wildman–Crippen MR) is 98.9 cm³/mol. The molecule has 146 valence electrons. The van der Waals surface area contributed by atoms with E-state index in [2.05, 4.69) is 9.97 Å². The maximum Gasteiger partial charge on any atom is 0.410 e. The van der Waals surface area contributed by atoms with Crippen LogP contribution in [0, 0.1) is 17.0 Å². The molecule has 1 saturated heterocycles. The molecule has 0 spiro atoms. The molecule has 27 heavy (non-hydrogen) atoms. The molecule has 2 aromatic rings. The van der Waals surface area contributed by atoms with Gasteiger partial charge in [-0.1, -0.05) is 0 Å². The van der Waals surface area contributed by atoms with Crippen molar-refractivity contribution >= 4 is 22.8 Å². The van der Waals surface area contributed by atoms with Gasteiger partial charge in [0.05, 0.1) is 10.4 Å². The van der Waals surface area contributed by atoms with Gasteiger partial charge >= 0.3 is 11.8 Å². The number of nitrogens with zero attached hydrogens (tertiary/aromatic N) is 3. The number of nitro groups is 1. The number of nitrogens with one attached hydrogen (secondary N) is 1. The number of carbonyl (C=O) groups excluding carboxylic acids is 1. The minimum absolute atomic E-state index is 0.133. The van der Waals surface area contributed by atoms with E-state index in [0.29, 0.717) is 42.8 Å². The number of likely N-dealkylation sites (tertiary alicyclic amines) is 1. The SMILES string of the molecule is Cc1nc2c([N+](=O)[O-])c(OC3CCN(C(=O)OC(C)(C)C)CC3)ccc2[nH]1. The standard InChI is InChI=1S/C18H24N4O5/c1-11-19-13-5-6-14(16(22(24)25)15(13)20-11)26-12-7-9-21(10-8-12)17(23)27-18(2,3)4/h5-6,12H,7-10H2,1-4H3,(H,19,20). The maximum atomic E-state index is 12.1. The molecule has 9 nitrogen and oxygen atoms in total. The van der Waals surface area contributed by atoms with Crippen molar-refractivity contribution in [3.8, 4) is 5.75 Å². The molecule has 0 aliphatic carbocycles. The van der Waals surface area contributed by atoms with E-state index in [-0.39, 0.29) is 23.6 Å². The summed E-state index contributed by atoms with van der Waals surface area (Å²) in [5.74, 6) is 0.811. The van der Waals surface area contributed by atoms with Crippen molar-refractivity contribution in [3.05, 3.63) is 28.1 Å². The minimum atomic E-state index is -0.540. The Morgan fingerprint density at radius 3 is 2.59 bits per heavy atom. The van der Waals surface area contributed by atoms with Crippen LogP contribution in [0.25, 0.3) is 11.0 Å². The lowest BCUT2D eigenvalue weighted by atomic mass is 10.1. The number of hydrogen-bond donors (Lipinski definition) is 1. The number of carbonyl (C=O) groups is 1. The average Bonchev–Trinajstić information content (AvgIpc) is 2.93. The number of fused-ring (bicyclic) bond motifs is 1. The molecule has 0 bridgehead atoms. The number of aromatic amines is 1. The van der Waals surface area contributed by atoms with Crippen molar-refractivity contribution in [2.75, 3.05) is 13.1 Å². The highest BCUT2D eigenvalue weighted by atomic mass is 16.6. The number of H-pyrrole nitrogens is 1. The lowest BCUT2D eigenvalue weighted by Crippen LogP contribution is -2.44. The largest absolute Gasteiger partial charge is 0.483 e. The molecule has 1 amide bonds. The highest BCUT2D eigenvalue weighted by Crippen LogP contribution is 2.35. The van der Waals surface area contributed by atoms with Crippen LogP contribution in [0.5, 0.6) is 5.75 Å². The molecule has 1 aliphatic heterocycles. The van der Waals surface area contributed by atoms with E-state index in [1.165, 1.54) is 0 Å². The second-order valence-corrected chi connectivity index (χ2v) is 7.67. The van der Waals surface area contributed by atoms with E-state index < -0.39 is 10.5 Å². The maximum absolute atomic E-state index is 12.1. The molecule has 1 aromatic carbocycles. The van der Waals surface area contributed by atoms with Crippen LogP contribution in [0.1, 0.15) is 39.4 Å². The highest BCUT2D eigenvalue weighted by Gasteiger charge is 2.30. The zero-order chi connectivity index (χ0) is 19.8.